The molecular formula is C13H16IN3O2S. The van der Waals surface area contributed by atoms with Gasteiger partial charge in [-0.2, -0.15) is 0 Å². The van der Waals surface area contributed by atoms with Gasteiger partial charge in [0.1, 0.15) is 4.90 Å². The Kier molecular flexibility index (Phi) is 5.06. The van der Waals surface area contributed by atoms with Gasteiger partial charge in [0.2, 0.25) is 0 Å². The lowest BCUT2D eigenvalue weighted by Crippen LogP contribution is -2.13. The predicted octanol–water partition coefficient (Wildman–Crippen LogP) is 2.53. The summed E-state index contributed by atoms with van der Waals surface area (Å²) in [5, 5.41) is 3.14. The van der Waals surface area contributed by atoms with E-state index in [0.29, 0.717) is 12.2 Å². The molecule has 5 nitrogen and oxygen atoms in total. The molecule has 2 aromatic rings. The van der Waals surface area contributed by atoms with Gasteiger partial charge in [-0.25, -0.2) is 8.42 Å². The van der Waals surface area contributed by atoms with Crippen LogP contribution in [0, 0.1) is 3.57 Å². The minimum absolute atomic E-state index is 0.240. The first-order chi connectivity index (χ1) is 9.51. The average Bonchev–Trinajstić information content (AvgIpc) is 2.88. The lowest BCUT2D eigenvalue weighted by molar-refractivity contribution is 0.601. The zero-order chi connectivity index (χ0) is 14.6. The van der Waals surface area contributed by atoms with Crippen LogP contribution in [0.3, 0.4) is 0 Å². The second-order valence-corrected chi connectivity index (χ2v) is 7.18. The molecular weight excluding hydrogens is 389 g/mol. The number of hydrogen-bond donors (Lipinski definition) is 3. The molecule has 0 radical (unpaired) electrons. The maximum atomic E-state index is 12.2. The summed E-state index contributed by atoms with van der Waals surface area (Å²) in [6.45, 7) is 3.45. The van der Waals surface area contributed by atoms with Crippen molar-refractivity contribution in [3.8, 4) is 0 Å². The second-order valence-electron chi connectivity index (χ2n) is 4.25. The number of sulfonamides is 1. The first kappa shape index (κ1) is 15.3. The molecule has 1 heterocycles. The van der Waals surface area contributed by atoms with Crippen molar-refractivity contribution in [2.75, 3.05) is 11.3 Å². The Hall–Kier alpha value is -1.06. The van der Waals surface area contributed by atoms with Crippen molar-refractivity contribution in [1.29, 1.82) is 0 Å². The fourth-order valence-electron chi connectivity index (χ4n) is 1.67. The molecule has 0 saturated heterocycles. The van der Waals surface area contributed by atoms with E-state index in [-0.39, 0.29) is 4.90 Å². The molecule has 108 valence electrons. The van der Waals surface area contributed by atoms with E-state index in [2.05, 4.69) is 37.6 Å². The normalized spacial score (nSPS) is 11.5. The third kappa shape index (κ3) is 3.97. The average molecular weight is 405 g/mol. The van der Waals surface area contributed by atoms with Crippen LogP contribution < -0.4 is 10.0 Å². The van der Waals surface area contributed by atoms with Gasteiger partial charge < -0.3 is 10.3 Å². The Bertz CT molecular complexity index is 665. The number of halogens is 1. The van der Waals surface area contributed by atoms with Crippen molar-refractivity contribution in [1.82, 2.24) is 10.3 Å². The number of nitrogens with one attached hydrogen (secondary N) is 3. The Morgan fingerprint density at radius 1 is 1.25 bits per heavy atom. The van der Waals surface area contributed by atoms with Crippen LogP contribution in [0.1, 0.15) is 12.6 Å². The number of aromatic amines is 1. The highest BCUT2D eigenvalue weighted by Gasteiger charge is 2.16. The van der Waals surface area contributed by atoms with Crippen molar-refractivity contribution >= 4 is 38.3 Å². The highest BCUT2D eigenvalue weighted by molar-refractivity contribution is 14.1. The van der Waals surface area contributed by atoms with Gasteiger partial charge in [0.15, 0.2) is 0 Å². The minimum atomic E-state index is -3.54. The second kappa shape index (κ2) is 6.59. The zero-order valence-corrected chi connectivity index (χ0v) is 14.0. The lowest BCUT2D eigenvalue weighted by atomic mass is 10.3. The number of aromatic nitrogens is 1. The summed E-state index contributed by atoms with van der Waals surface area (Å²) in [5.41, 5.74) is 1.40. The van der Waals surface area contributed by atoms with Gasteiger partial charge in [-0.1, -0.05) is 6.92 Å². The molecule has 0 aliphatic rings. The summed E-state index contributed by atoms with van der Waals surface area (Å²) in [7, 11) is -3.54. The standard InChI is InChI=1S/C13H16IN3O2S/c1-2-15-8-12-7-13(9-16-12)20(18,19)17-11-5-3-10(14)4-6-11/h3-7,9,15-17H,2,8H2,1H3. The maximum Gasteiger partial charge on any atom is 0.263 e. The molecule has 0 atom stereocenters. The van der Waals surface area contributed by atoms with E-state index < -0.39 is 10.0 Å². The topological polar surface area (TPSA) is 74.0 Å². The fourth-order valence-corrected chi connectivity index (χ4v) is 3.10. The highest BCUT2D eigenvalue weighted by atomic mass is 127. The molecule has 0 amide bonds. The Labute approximate surface area is 132 Å². The van der Waals surface area contributed by atoms with Crippen molar-refractivity contribution < 1.29 is 8.42 Å². The van der Waals surface area contributed by atoms with Crippen LogP contribution >= 0.6 is 22.6 Å². The number of benzene rings is 1. The van der Waals surface area contributed by atoms with Gasteiger partial charge in [-0.05, 0) is 59.5 Å². The van der Waals surface area contributed by atoms with Gasteiger partial charge in [0, 0.05) is 27.7 Å². The van der Waals surface area contributed by atoms with Crippen LogP contribution in [-0.2, 0) is 16.6 Å². The fraction of sp³-hybridized carbons (Fsp3) is 0.231. The maximum absolute atomic E-state index is 12.2. The summed E-state index contributed by atoms with van der Waals surface area (Å²) in [5.74, 6) is 0. The molecule has 0 spiro atoms. The van der Waals surface area contributed by atoms with Gasteiger partial charge in [-0.15, -0.1) is 0 Å². The van der Waals surface area contributed by atoms with E-state index in [1.165, 1.54) is 6.20 Å². The van der Waals surface area contributed by atoms with Gasteiger partial charge in [0.25, 0.3) is 10.0 Å². The van der Waals surface area contributed by atoms with E-state index >= 15 is 0 Å². The van der Waals surface area contributed by atoms with Crippen molar-refractivity contribution in [2.24, 2.45) is 0 Å². The Morgan fingerprint density at radius 3 is 2.60 bits per heavy atom. The molecule has 1 aromatic carbocycles. The summed E-state index contributed by atoms with van der Waals surface area (Å²) in [6, 6.07) is 8.83. The molecule has 2 rings (SSSR count). The van der Waals surface area contributed by atoms with Gasteiger partial charge in [-0.3, -0.25) is 4.72 Å². The van der Waals surface area contributed by atoms with Crippen LogP contribution in [0.25, 0.3) is 0 Å². The number of rotatable bonds is 6. The Balaban J connectivity index is 2.13. The molecule has 0 unspecified atom stereocenters. The molecule has 0 saturated carbocycles. The van der Waals surface area contributed by atoms with E-state index in [1.54, 1.807) is 18.2 Å². The van der Waals surface area contributed by atoms with E-state index in [9.17, 15) is 8.42 Å². The van der Waals surface area contributed by atoms with E-state index in [4.69, 9.17) is 0 Å². The number of anilines is 1. The minimum Gasteiger partial charge on any atom is -0.363 e. The molecule has 20 heavy (non-hydrogen) atoms. The van der Waals surface area contributed by atoms with Crippen molar-refractivity contribution in [2.45, 2.75) is 18.4 Å². The van der Waals surface area contributed by atoms with Crippen molar-refractivity contribution in [3.63, 3.8) is 0 Å². The molecule has 7 heteroatoms. The molecule has 0 bridgehead atoms. The van der Waals surface area contributed by atoms with Gasteiger partial charge in [0.05, 0.1) is 0 Å². The number of H-pyrrole nitrogens is 1. The molecule has 0 fully saturated rings. The van der Waals surface area contributed by atoms with E-state index in [1.807, 2.05) is 19.1 Å². The largest absolute Gasteiger partial charge is 0.363 e. The third-order valence-electron chi connectivity index (χ3n) is 2.69. The monoisotopic (exact) mass is 405 g/mol. The zero-order valence-electron chi connectivity index (χ0n) is 11.0. The first-order valence-electron chi connectivity index (χ1n) is 6.17. The Morgan fingerprint density at radius 2 is 1.95 bits per heavy atom. The third-order valence-corrected chi connectivity index (χ3v) is 4.77. The van der Waals surface area contributed by atoms with Gasteiger partial charge >= 0.3 is 0 Å². The lowest BCUT2D eigenvalue weighted by Gasteiger charge is -2.06. The van der Waals surface area contributed by atoms with Crippen molar-refractivity contribution in [3.05, 3.63) is 45.8 Å². The quantitative estimate of drug-likeness (QED) is 0.647. The highest BCUT2D eigenvalue weighted by Crippen LogP contribution is 2.18. The van der Waals surface area contributed by atoms with Crippen LogP contribution in [0.2, 0.25) is 0 Å². The molecule has 3 N–H and O–H groups in total. The molecule has 0 aliphatic carbocycles. The summed E-state index contributed by atoms with van der Waals surface area (Å²) < 4.78 is 28.1. The smallest absolute Gasteiger partial charge is 0.263 e. The van der Waals surface area contributed by atoms with Crippen LogP contribution in [-0.4, -0.2) is 19.9 Å². The molecule has 1 aromatic heterocycles. The van der Waals surface area contributed by atoms with Crippen LogP contribution in [0.5, 0.6) is 0 Å². The summed E-state index contributed by atoms with van der Waals surface area (Å²) in [6.07, 6.45) is 1.50. The van der Waals surface area contributed by atoms with E-state index in [0.717, 1.165) is 15.8 Å². The van der Waals surface area contributed by atoms with Crippen LogP contribution in [0.4, 0.5) is 5.69 Å². The summed E-state index contributed by atoms with van der Waals surface area (Å²) in [4.78, 5) is 3.20. The number of hydrogen-bond acceptors (Lipinski definition) is 3. The first-order valence-corrected chi connectivity index (χ1v) is 8.74. The summed E-state index contributed by atoms with van der Waals surface area (Å²) >= 11 is 2.17. The predicted molar refractivity (Wildman–Crippen MR) is 88.1 cm³/mol. The van der Waals surface area contributed by atoms with Crippen LogP contribution in [0.15, 0.2) is 41.4 Å². The molecule has 0 aliphatic heterocycles. The SMILES string of the molecule is CCNCc1cc(S(=O)(=O)Nc2ccc(I)cc2)c[nH]1.